The number of rotatable bonds is 7. The van der Waals surface area contributed by atoms with Crippen LogP contribution in [-0.4, -0.2) is 17.8 Å². The molecule has 3 rings (SSSR count). The van der Waals surface area contributed by atoms with Gasteiger partial charge in [-0.1, -0.05) is 42.5 Å². The summed E-state index contributed by atoms with van der Waals surface area (Å²) in [5.41, 5.74) is 3.73. The lowest BCUT2D eigenvalue weighted by Crippen LogP contribution is -2.26. The van der Waals surface area contributed by atoms with Crippen LogP contribution in [0.3, 0.4) is 0 Å². The van der Waals surface area contributed by atoms with E-state index in [4.69, 9.17) is 10.00 Å². The van der Waals surface area contributed by atoms with Crippen LogP contribution >= 0.6 is 0 Å². The molecule has 0 heterocycles. The molecule has 0 radical (unpaired) electrons. The van der Waals surface area contributed by atoms with Crippen LogP contribution in [0.25, 0.3) is 0 Å². The van der Waals surface area contributed by atoms with Crippen molar-refractivity contribution in [2.75, 3.05) is 10.6 Å². The minimum absolute atomic E-state index is 0.216. The normalized spacial score (nSPS) is 11.1. The van der Waals surface area contributed by atoms with Crippen molar-refractivity contribution >= 4 is 29.2 Å². The van der Waals surface area contributed by atoms with Gasteiger partial charge in [-0.3, -0.25) is 9.59 Å². The predicted octanol–water partition coefficient (Wildman–Crippen LogP) is 4.69. The lowest BCUT2D eigenvalue weighted by Gasteiger charge is -2.19. The molecule has 0 bridgehead atoms. The molecule has 0 saturated carbocycles. The van der Waals surface area contributed by atoms with Crippen LogP contribution in [0.15, 0.2) is 72.8 Å². The summed E-state index contributed by atoms with van der Waals surface area (Å²) in [6.07, 6.45) is -1.42. The van der Waals surface area contributed by atoms with E-state index in [0.29, 0.717) is 16.9 Å². The molecule has 7 nitrogen and oxygen atoms in total. The number of ether oxygens (including phenoxy) is 1. The van der Waals surface area contributed by atoms with Crippen molar-refractivity contribution < 1.29 is 19.1 Å². The fraction of sp³-hybridized carbons (Fsp3) is 0.154. The van der Waals surface area contributed by atoms with Crippen LogP contribution in [-0.2, 0) is 14.3 Å². The molecule has 0 aromatic heterocycles. The fourth-order valence-electron chi connectivity index (χ4n) is 3.11. The summed E-state index contributed by atoms with van der Waals surface area (Å²) in [4.78, 5) is 37.5. The molecule has 2 amide bonds. The van der Waals surface area contributed by atoms with Crippen molar-refractivity contribution in [1.82, 2.24) is 0 Å². The maximum Gasteiger partial charge on any atom is 0.339 e. The van der Waals surface area contributed by atoms with Gasteiger partial charge in [-0.2, -0.15) is 5.26 Å². The van der Waals surface area contributed by atoms with Gasteiger partial charge in [-0.25, -0.2) is 4.79 Å². The Balaban J connectivity index is 1.78. The van der Waals surface area contributed by atoms with E-state index in [0.717, 1.165) is 11.1 Å². The van der Waals surface area contributed by atoms with E-state index < -0.39 is 23.9 Å². The SMILES string of the molecule is Cc1ccc(C)c(NC(=O)[C@@H](OC(=O)c2ccc(NC(=O)CC#N)cc2)c2ccccc2)c1. The summed E-state index contributed by atoms with van der Waals surface area (Å²) < 4.78 is 5.60. The van der Waals surface area contributed by atoms with Gasteiger partial charge in [0.25, 0.3) is 5.91 Å². The Hall–Kier alpha value is -4.44. The number of amides is 2. The quantitative estimate of drug-likeness (QED) is 0.517. The predicted molar refractivity (Wildman–Crippen MR) is 124 cm³/mol. The second-order valence-electron chi connectivity index (χ2n) is 7.46. The first kappa shape index (κ1) is 23.2. The summed E-state index contributed by atoms with van der Waals surface area (Å²) >= 11 is 0. The van der Waals surface area contributed by atoms with Crippen LogP contribution in [0.5, 0.6) is 0 Å². The number of carbonyl (C=O) groups is 3. The first-order chi connectivity index (χ1) is 15.9. The van der Waals surface area contributed by atoms with E-state index in [1.165, 1.54) is 24.3 Å². The number of nitrogens with one attached hydrogen (secondary N) is 2. The van der Waals surface area contributed by atoms with E-state index in [1.807, 2.05) is 38.1 Å². The smallest absolute Gasteiger partial charge is 0.339 e. The molecule has 0 aliphatic rings. The standard InChI is InChI=1S/C26H23N3O4/c1-17-8-9-18(2)22(16-17)29-25(31)24(19-6-4-3-5-7-19)33-26(32)20-10-12-21(13-11-20)28-23(30)14-15-27/h3-13,16,24H,14H2,1-2H3,(H,28,30)(H,29,31)/t24-/m0/s1. The van der Waals surface area contributed by atoms with Crippen molar-refractivity contribution in [1.29, 1.82) is 5.26 Å². The van der Waals surface area contributed by atoms with Crippen LogP contribution in [0.4, 0.5) is 11.4 Å². The number of benzene rings is 3. The highest BCUT2D eigenvalue weighted by molar-refractivity contribution is 5.99. The lowest BCUT2D eigenvalue weighted by molar-refractivity contribution is -0.125. The number of anilines is 2. The monoisotopic (exact) mass is 441 g/mol. The molecule has 33 heavy (non-hydrogen) atoms. The molecule has 0 fully saturated rings. The van der Waals surface area contributed by atoms with Gasteiger partial charge in [0.1, 0.15) is 6.42 Å². The average Bonchev–Trinajstić information content (AvgIpc) is 2.81. The molecule has 7 heteroatoms. The van der Waals surface area contributed by atoms with E-state index >= 15 is 0 Å². The van der Waals surface area contributed by atoms with Crippen LogP contribution < -0.4 is 10.6 Å². The molecule has 3 aromatic carbocycles. The number of aryl methyl sites for hydroxylation is 2. The zero-order valence-corrected chi connectivity index (χ0v) is 18.3. The van der Waals surface area contributed by atoms with Gasteiger partial charge in [0, 0.05) is 16.9 Å². The zero-order chi connectivity index (χ0) is 23.8. The minimum Gasteiger partial charge on any atom is -0.444 e. The second-order valence-corrected chi connectivity index (χ2v) is 7.46. The van der Waals surface area contributed by atoms with Crippen molar-refractivity contribution in [3.63, 3.8) is 0 Å². The largest absolute Gasteiger partial charge is 0.444 e. The van der Waals surface area contributed by atoms with E-state index in [9.17, 15) is 14.4 Å². The number of esters is 1. The number of carbonyl (C=O) groups excluding carboxylic acids is 3. The molecule has 1 atom stereocenters. The van der Waals surface area contributed by atoms with E-state index in [-0.39, 0.29) is 12.0 Å². The topological polar surface area (TPSA) is 108 Å². The Labute approximate surface area is 192 Å². The van der Waals surface area contributed by atoms with Crippen molar-refractivity contribution in [3.8, 4) is 6.07 Å². The van der Waals surface area contributed by atoms with Gasteiger partial charge < -0.3 is 15.4 Å². The van der Waals surface area contributed by atoms with Crippen LogP contribution in [0.2, 0.25) is 0 Å². The van der Waals surface area contributed by atoms with Gasteiger partial charge in [-0.15, -0.1) is 0 Å². The molecule has 0 aliphatic carbocycles. The van der Waals surface area contributed by atoms with Crippen molar-refractivity contribution in [3.05, 3.63) is 95.1 Å². The summed E-state index contributed by atoms with van der Waals surface area (Å²) in [5.74, 6) is -1.60. The molecule has 0 aliphatic heterocycles. The van der Waals surface area contributed by atoms with Crippen LogP contribution in [0.1, 0.15) is 39.6 Å². The summed E-state index contributed by atoms with van der Waals surface area (Å²) in [7, 11) is 0. The minimum atomic E-state index is -1.16. The molecule has 166 valence electrons. The van der Waals surface area contributed by atoms with Crippen molar-refractivity contribution in [2.45, 2.75) is 26.4 Å². The third kappa shape index (κ3) is 6.28. The Bertz CT molecular complexity index is 1200. The Morgan fingerprint density at radius 2 is 1.64 bits per heavy atom. The second kappa shape index (κ2) is 10.7. The Morgan fingerprint density at radius 1 is 0.939 bits per heavy atom. The van der Waals surface area contributed by atoms with E-state index in [1.54, 1.807) is 30.3 Å². The summed E-state index contributed by atoms with van der Waals surface area (Å²) in [6.45, 7) is 3.81. The number of hydrogen-bond acceptors (Lipinski definition) is 5. The first-order valence-electron chi connectivity index (χ1n) is 10.3. The summed E-state index contributed by atoms with van der Waals surface area (Å²) in [5, 5.41) is 14.0. The van der Waals surface area contributed by atoms with E-state index in [2.05, 4.69) is 10.6 Å². The van der Waals surface area contributed by atoms with Gasteiger partial charge in [-0.05, 0) is 55.3 Å². The highest BCUT2D eigenvalue weighted by Crippen LogP contribution is 2.24. The number of nitriles is 1. The molecular formula is C26H23N3O4. The van der Waals surface area contributed by atoms with Gasteiger partial charge >= 0.3 is 5.97 Å². The first-order valence-corrected chi connectivity index (χ1v) is 10.3. The zero-order valence-electron chi connectivity index (χ0n) is 18.3. The summed E-state index contributed by atoms with van der Waals surface area (Å²) in [6, 6.07) is 22.3. The average molecular weight is 441 g/mol. The molecule has 0 saturated heterocycles. The van der Waals surface area contributed by atoms with Crippen LogP contribution in [0, 0.1) is 25.2 Å². The molecule has 0 spiro atoms. The molecule has 0 unspecified atom stereocenters. The molecule has 3 aromatic rings. The molecular weight excluding hydrogens is 418 g/mol. The van der Waals surface area contributed by atoms with Crippen molar-refractivity contribution in [2.24, 2.45) is 0 Å². The van der Waals surface area contributed by atoms with Gasteiger partial charge in [0.05, 0.1) is 11.6 Å². The van der Waals surface area contributed by atoms with Gasteiger partial charge in [0.15, 0.2) is 0 Å². The fourth-order valence-corrected chi connectivity index (χ4v) is 3.11. The number of hydrogen-bond donors (Lipinski definition) is 2. The highest BCUT2D eigenvalue weighted by Gasteiger charge is 2.26. The molecule has 2 N–H and O–H groups in total. The third-order valence-electron chi connectivity index (χ3n) is 4.86. The third-order valence-corrected chi connectivity index (χ3v) is 4.86. The Kier molecular flexibility index (Phi) is 7.55. The lowest BCUT2D eigenvalue weighted by atomic mass is 10.1. The maximum atomic E-state index is 13.1. The van der Waals surface area contributed by atoms with Gasteiger partial charge in [0.2, 0.25) is 12.0 Å². The maximum absolute atomic E-state index is 13.1. The highest BCUT2D eigenvalue weighted by atomic mass is 16.5. The Morgan fingerprint density at radius 3 is 2.30 bits per heavy atom. The number of nitrogens with zero attached hydrogens (tertiary/aromatic N) is 1.